The zero-order valence-corrected chi connectivity index (χ0v) is 17.8. The fourth-order valence-electron chi connectivity index (χ4n) is 4.17. The van der Waals surface area contributed by atoms with Crippen LogP contribution in [0.25, 0.3) is 0 Å². The molecule has 0 spiro atoms. The summed E-state index contributed by atoms with van der Waals surface area (Å²) in [6.45, 7) is 0. The molecule has 160 valence electrons. The Hall–Kier alpha value is -3.41. The summed E-state index contributed by atoms with van der Waals surface area (Å²) < 4.78 is 0. The number of benzene rings is 2. The molecule has 6 nitrogen and oxygen atoms in total. The van der Waals surface area contributed by atoms with Gasteiger partial charge in [-0.2, -0.15) is 4.98 Å². The fraction of sp³-hybridized carbons (Fsp3) is 0.320. The first kappa shape index (κ1) is 20.8. The summed E-state index contributed by atoms with van der Waals surface area (Å²) in [4.78, 5) is 22.9. The van der Waals surface area contributed by atoms with E-state index in [-0.39, 0.29) is 5.56 Å². The van der Waals surface area contributed by atoms with E-state index in [9.17, 15) is 9.90 Å². The van der Waals surface area contributed by atoms with Crippen LogP contribution >= 0.6 is 0 Å². The van der Waals surface area contributed by atoms with E-state index in [0.717, 1.165) is 30.5 Å². The average Bonchev–Trinajstić information content (AvgIpc) is 2.81. The van der Waals surface area contributed by atoms with Crippen molar-refractivity contribution in [3.63, 3.8) is 0 Å². The molecule has 2 aromatic carbocycles. The molecule has 1 fully saturated rings. The monoisotopic (exact) mass is 416 g/mol. The van der Waals surface area contributed by atoms with Gasteiger partial charge in [0.05, 0.1) is 0 Å². The highest BCUT2D eigenvalue weighted by Gasteiger charge is 2.22. The van der Waals surface area contributed by atoms with Crippen LogP contribution in [0.15, 0.2) is 60.8 Å². The Morgan fingerprint density at radius 1 is 1.06 bits per heavy atom. The maximum Gasteiger partial charge on any atom is 0.341 e. The second-order valence-corrected chi connectivity index (χ2v) is 8.08. The van der Waals surface area contributed by atoms with Crippen LogP contribution in [0.1, 0.15) is 53.6 Å². The Bertz CT molecular complexity index is 1030. The van der Waals surface area contributed by atoms with E-state index in [1.165, 1.54) is 31.0 Å². The number of nitrogens with one attached hydrogen (secondary N) is 1. The molecular weight excluding hydrogens is 388 g/mol. The number of aromatic nitrogens is 2. The second-order valence-electron chi connectivity index (χ2n) is 8.08. The molecule has 1 saturated carbocycles. The van der Waals surface area contributed by atoms with Crippen LogP contribution in [0.5, 0.6) is 0 Å². The smallest absolute Gasteiger partial charge is 0.341 e. The van der Waals surface area contributed by atoms with Crippen LogP contribution in [0.3, 0.4) is 0 Å². The molecule has 0 amide bonds. The van der Waals surface area contributed by atoms with Gasteiger partial charge in [0.1, 0.15) is 5.56 Å². The van der Waals surface area contributed by atoms with E-state index in [4.69, 9.17) is 0 Å². The SMILES string of the molecule is CN(c1ncc(C(=O)O)c(Nc2ccccc2Cc2ccccc2)n1)C1CCCCC1. The third-order valence-corrected chi connectivity index (χ3v) is 5.95. The van der Waals surface area contributed by atoms with Crippen molar-refractivity contribution in [2.75, 3.05) is 17.3 Å². The van der Waals surface area contributed by atoms with Crippen molar-refractivity contribution in [3.8, 4) is 0 Å². The number of carboxylic acids is 1. The third-order valence-electron chi connectivity index (χ3n) is 5.95. The normalized spacial score (nSPS) is 14.2. The molecule has 2 N–H and O–H groups in total. The largest absolute Gasteiger partial charge is 0.477 e. The summed E-state index contributed by atoms with van der Waals surface area (Å²) in [6.07, 6.45) is 8.07. The molecule has 0 aliphatic heterocycles. The van der Waals surface area contributed by atoms with Crippen molar-refractivity contribution >= 4 is 23.4 Å². The maximum atomic E-state index is 11.8. The molecule has 1 heterocycles. The third kappa shape index (κ3) is 5.02. The fourth-order valence-corrected chi connectivity index (χ4v) is 4.17. The molecule has 1 aromatic heterocycles. The number of aromatic carboxylic acids is 1. The molecule has 1 aliphatic carbocycles. The summed E-state index contributed by atoms with van der Waals surface area (Å²) in [7, 11) is 2.00. The van der Waals surface area contributed by atoms with Gasteiger partial charge in [-0.1, -0.05) is 67.8 Å². The predicted octanol–water partition coefficient (Wildman–Crippen LogP) is 5.28. The Labute approximate surface area is 183 Å². The summed E-state index contributed by atoms with van der Waals surface area (Å²) in [5, 5.41) is 13.0. The summed E-state index contributed by atoms with van der Waals surface area (Å²) in [5.41, 5.74) is 3.18. The first-order chi connectivity index (χ1) is 15.1. The summed E-state index contributed by atoms with van der Waals surface area (Å²) >= 11 is 0. The molecule has 0 bridgehead atoms. The molecular formula is C25H28N4O2. The lowest BCUT2D eigenvalue weighted by molar-refractivity contribution is 0.0697. The Morgan fingerprint density at radius 3 is 2.52 bits per heavy atom. The lowest BCUT2D eigenvalue weighted by Crippen LogP contribution is -2.34. The quantitative estimate of drug-likeness (QED) is 0.546. The second kappa shape index (κ2) is 9.60. The number of carbonyl (C=O) groups is 1. The lowest BCUT2D eigenvalue weighted by Gasteiger charge is -2.31. The van der Waals surface area contributed by atoms with Crippen molar-refractivity contribution in [1.82, 2.24) is 9.97 Å². The number of carboxylic acid groups (broad SMARTS) is 1. The van der Waals surface area contributed by atoms with Crippen LogP contribution in [0.2, 0.25) is 0 Å². The minimum atomic E-state index is -1.05. The van der Waals surface area contributed by atoms with Gasteiger partial charge in [-0.25, -0.2) is 9.78 Å². The Morgan fingerprint density at radius 2 is 1.77 bits per heavy atom. The Balaban J connectivity index is 1.63. The van der Waals surface area contributed by atoms with E-state index in [0.29, 0.717) is 17.8 Å². The van der Waals surface area contributed by atoms with Gasteiger partial charge in [0, 0.05) is 25.0 Å². The zero-order valence-electron chi connectivity index (χ0n) is 17.8. The van der Waals surface area contributed by atoms with Crippen molar-refractivity contribution in [2.45, 2.75) is 44.6 Å². The van der Waals surface area contributed by atoms with Gasteiger partial charge < -0.3 is 15.3 Å². The lowest BCUT2D eigenvalue weighted by atomic mass is 9.95. The van der Waals surface area contributed by atoms with Crippen LogP contribution in [-0.4, -0.2) is 34.1 Å². The summed E-state index contributed by atoms with van der Waals surface area (Å²) in [6, 6.07) is 18.5. The van der Waals surface area contributed by atoms with Crippen LogP contribution in [-0.2, 0) is 6.42 Å². The minimum Gasteiger partial charge on any atom is -0.477 e. The van der Waals surface area contributed by atoms with Crippen LogP contribution in [0, 0.1) is 0 Å². The number of hydrogen-bond donors (Lipinski definition) is 2. The molecule has 0 radical (unpaired) electrons. The van der Waals surface area contributed by atoms with E-state index in [1.807, 2.05) is 49.5 Å². The maximum absolute atomic E-state index is 11.8. The number of para-hydroxylation sites is 1. The topological polar surface area (TPSA) is 78.4 Å². The highest BCUT2D eigenvalue weighted by Crippen LogP contribution is 2.28. The Kier molecular flexibility index (Phi) is 6.46. The highest BCUT2D eigenvalue weighted by atomic mass is 16.4. The standard InChI is InChI=1S/C25H28N4O2/c1-29(20-13-6-3-7-14-20)25-26-17-21(24(30)31)23(28-25)27-22-15-9-8-12-19(22)16-18-10-4-2-5-11-18/h2,4-5,8-12,15,17,20H,3,6-7,13-14,16H2,1H3,(H,30,31)(H,26,27,28). The van der Waals surface area contributed by atoms with Crippen LogP contribution in [0.4, 0.5) is 17.5 Å². The molecule has 0 unspecified atom stereocenters. The zero-order chi connectivity index (χ0) is 21.6. The van der Waals surface area contributed by atoms with Gasteiger partial charge in [0.2, 0.25) is 5.95 Å². The van der Waals surface area contributed by atoms with E-state index < -0.39 is 5.97 Å². The number of hydrogen-bond acceptors (Lipinski definition) is 5. The van der Waals surface area contributed by atoms with Gasteiger partial charge in [-0.15, -0.1) is 0 Å². The molecule has 0 saturated heterocycles. The van der Waals surface area contributed by atoms with Crippen LogP contribution < -0.4 is 10.2 Å². The molecule has 0 atom stereocenters. The van der Waals surface area contributed by atoms with Crippen molar-refractivity contribution in [1.29, 1.82) is 0 Å². The molecule has 3 aromatic rings. The first-order valence-corrected chi connectivity index (χ1v) is 10.8. The molecule has 31 heavy (non-hydrogen) atoms. The van der Waals surface area contributed by atoms with Gasteiger partial charge >= 0.3 is 5.97 Å². The van der Waals surface area contributed by atoms with Crippen molar-refractivity contribution in [2.24, 2.45) is 0 Å². The minimum absolute atomic E-state index is 0.0651. The van der Waals surface area contributed by atoms with Crippen molar-refractivity contribution in [3.05, 3.63) is 77.5 Å². The summed E-state index contributed by atoms with van der Waals surface area (Å²) in [5.74, 6) is -0.171. The first-order valence-electron chi connectivity index (χ1n) is 10.8. The highest BCUT2D eigenvalue weighted by molar-refractivity contribution is 5.94. The average molecular weight is 417 g/mol. The van der Waals surface area contributed by atoms with Gasteiger partial charge in [-0.3, -0.25) is 0 Å². The number of rotatable bonds is 7. The van der Waals surface area contributed by atoms with Crippen molar-refractivity contribution < 1.29 is 9.90 Å². The van der Waals surface area contributed by atoms with E-state index >= 15 is 0 Å². The van der Waals surface area contributed by atoms with Gasteiger partial charge in [-0.05, 0) is 36.5 Å². The predicted molar refractivity (Wildman–Crippen MR) is 123 cm³/mol. The number of nitrogens with zero attached hydrogens (tertiary/aromatic N) is 3. The van der Waals surface area contributed by atoms with E-state index in [1.54, 1.807) is 0 Å². The number of anilines is 3. The van der Waals surface area contributed by atoms with Gasteiger partial charge in [0.25, 0.3) is 0 Å². The van der Waals surface area contributed by atoms with Gasteiger partial charge in [0.15, 0.2) is 5.82 Å². The molecule has 6 heteroatoms. The van der Waals surface area contributed by atoms with E-state index in [2.05, 4.69) is 32.3 Å². The molecule has 1 aliphatic rings. The molecule has 4 rings (SSSR count).